The summed E-state index contributed by atoms with van der Waals surface area (Å²) in [6, 6.07) is 6.79. The minimum Gasteiger partial charge on any atom is -0.481 e. The molecule has 0 aliphatic heterocycles. The average Bonchev–Trinajstić information content (AvgIpc) is 2.29. The SMILES string of the molecule is CCC(C)S(=O)(=O)Cc1ccccc1CC(=O)O. The first-order valence-electron chi connectivity index (χ1n) is 5.87. The van der Waals surface area contributed by atoms with Gasteiger partial charge in [-0.05, 0) is 24.5 Å². The van der Waals surface area contributed by atoms with Crippen LogP contribution in [-0.2, 0) is 26.8 Å². The molecule has 1 aromatic carbocycles. The van der Waals surface area contributed by atoms with Crippen LogP contribution in [0.1, 0.15) is 31.4 Å². The Labute approximate surface area is 108 Å². The van der Waals surface area contributed by atoms with Crippen molar-refractivity contribution in [3.8, 4) is 0 Å². The maximum Gasteiger partial charge on any atom is 0.307 e. The van der Waals surface area contributed by atoms with Gasteiger partial charge in [-0.25, -0.2) is 8.42 Å². The van der Waals surface area contributed by atoms with Gasteiger partial charge in [-0.3, -0.25) is 4.79 Å². The average molecular weight is 270 g/mol. The second-order valence-electron chi connectivity index (χ2n) is 4.37. The number of aliphatic carboxylic acids is 1. The van der Waals surface area contributed by atoms with E-state index in [0.29, 0.717) is 17.5 Å². The van der Waals surface area contributed by atoms with Gasteiger partial charge in [0.1, 0.15) is 0 Å². The Morgan fingerprint density at radius 3 is 2.33 bits per heavy atom. The molecule has 0 radical (unpaired) electrons. The van der Waals surface area contributed by atoms with E-state index >= 15 is 0 Å². The van der Waals surface area contributed by atoms with Crippen molar-refractivity contribution in [2.75, 3.05) is 0 Å². The molecular formula is C13H18O4S. The summed E-state index contributed by atoms with van der Waals surface area (Å²) in [7, 11) is -3.21. The third-order valence-electron chi connectivity index (χ3n) is 3.00. The second-order valence-corrected chi connectivity index (χ2v) is 6.78. The van der Waals surface area contributed by atoms with Crippen LogP contribution in [0, 0.1) is 0 Å². The first-order chi connectivity index (χ1) is 8.36. The Hall–Kier alpha value is -1.36. The minimum absolute atomic E-state index is 0.0918. The molecule has 0 saturated heterocycles. The number of benzene rings is 1. The van der Waals surface area contributed by atoms with E-state index in [4.69, 9.17) is 5.11 Å². The molecule has 5 heteroatoms. The lowest BCUT2D eigenvalue weighted by Gasteiger charge is -2.12. The maximum atomic E-state index is 12.0. The molecule has 1 rings (SSSR count). The molecule has 1 unspecified atom stereocenters. The fourth-order valence-corrected chi connectivity index (χ4v) is 3.15. The lowest BCUT2D eigenvalue weighted by molar-refractivity contribution is -0.136. The molecule has 1 atom stereocenters. The van der Waals surface area contributed by atoms with E-state index in [-0.39, 0.29) is 12.2 Å². The highest BCUT2D eigenvalue weighted by atomic mass is 32.2. The molecule has 0 bridgehead atoms. The van der Waals surface area contributed by atoms with Crippen LogP contribution in [0.3, 0.4) is 0 Å². The van der Waals surface area contributed by atoms with Crippen molar-refractivity contribution in [2.24, 2.45) is 0 Å². The first-order valence-corrected chi connectivity index (χ1v) is 7.58. The van der Waals surface area contributed by atoms with Crippen molar-refractivity contribution in [3.05, 3.63) is 35.4 Å². The highest BCUT2D eigenvalue weighted by molar-refractivity contribution is 7.91. The predicted octanol–water partition coefficient (Wildman–Crippen LogP) is 2.03. The van der Waals surface area contributed by atoms with Gasteiger partial charge in [-0.1, -0.05) is 31.2 Å². The van der Waals surface area contributed by atoms with Gasteiger partial charge in [-0.15, -0.1) is 0 Å². The second kappa shape index (κ2) is 6.00. The van der Waals surface area contributed by atoms with Crippen molar-refractivity contribution < 1.29 is 18.3 Å². The van der Waals surface area contributed by atoms with Crippen LogP contribution in [-0.4, -0.2) is 24.7 Å². The molecule has 0 amide bonds. The zero-order chi connectivity index (χ0) is 13.8. The minimum atomic E-state index is -3.21. The van der Waals surface area contributed by atoms with Crippen LogP contribution in [0.4, 0.5) is 0 Å². The molecule has 0 saturated carbocycles. The predicted molar refractivity (Wildman–Crippen MR) is 70.2 cm³/mol. The number of hydrogen-bond donors (Lipinski definition) is 1. The Morgan fingerprint density at radius 2 is 1.83 bits per heavy atom. The summed E-state index contributed by atoms with van der Waals surface area (Å²) in [6.45, 7) is 3.50. The summed E-state index contributed by atoms with van der Waals surface area (Å²) in [5.74, 6) is -1.05. The van der Waals surface area contributed by atoms with Gasteiger partial charge >= 0.3 is 5.97 Å². The summed E-state index contributed by atoms with van der Waals surface area (Å²) in [5, 5.41) is 8.39. The molecule has 1 aromatic rings. The molecule has 4 nitrogen and oxygen atoms in total. The van der Waals surface area contributed by atoms with Gasteiger partial charge in [0, 0.05) is 0 Å². The highest BCUT2D eigenvalue weighted by Gasteiger charge is 2.21. The number of rotatable bonds is 6. The lowest BCUT2D eigenvalue weighted by Crippen LogP contribution is -2.19. The molecule has 0 spiro atoms. The maximum absolute atomic E-state index is 12.0. The van der Waals surface area contributed by atoms with E-state index in [1.54, 1.807) is 31.2 Å². The van der Waals surface area contributed by atoms with Gasteiger partial charge in [0.2, 0.25) is 0 Å². The largest absolute Gasteiger partial charge is 0.481 e. The number of hydrogen-bond acceptors (Lipinski definition) is 3. The van der Waals surface area contributed by atoms with Crippen LogP contribution in [0.2, 0.25) is 0 Å². The van der Waals surface area contributed by atoms with Crippen molar-refractivity contribution in [2.45, 2.75) is 37.7 Å². The molecule has 18 heavy (non-hydrogen) atoms. The van der Waals surface area contributed by atoms with Crippen LogP contribution in [0.5, 0.6) is 0 Å². The summed E-state index contributed by atoms with van der Waals surface area (Å²) in [5.41, 5.74) is 1.15. The van der Waals surface area contributed by atoms with Gasteiger partial charge in [-0.2, -0.15) is 0 Å². The summed E-state index contributed by atoms with van der Waals surface area (Å²) < 4.78 is 24.0. The zero-order valence-corrected chi connectivity index (χ0v) is 11.4. The van der Waals surface area contributed by atoms with Crippen LogP contribution < -0.4 is 0 Å². The summed E-state index contributed by atoms with van der Waals surface area (Å²) in [4.78, 5) is 10.7. The first kappa shape index (κ1) is 14.7. The van der Waals surface area contributed by atoms with Crippen molar-refractivity contribution >= 4 is 15.8 Å². The fraction of sp³-hybridized carbons (Fsp3) is 0.462. The Kier molecular flexibility index (Phi) is 4.90. The molecule has 100 valence electrons. The van der Waals surface area contributed by atoms with E-state index in [2.05, 4.69) is 0 Å². The lowest BCUT2D eigenvalue weighted by atomic mass is 10.1. The van der Waals surface area contributed by atoms with E-state index in [0.717, 1.165) is 0 Å². The topological polar surface area (TPSA) is 71.4 Å². The monoisotopic (exact) mass is 270 g/mol. The summed E-state index contributed by atoms with van der Waals surface area (Å²) >= 11 is 0. The standard InChI is InChI=1S/C13H18O4S/c1-3-10(2)18(16,17)9-12-7-5-4-6-11(12)8-13(14)15/h4-7,10H,3,8-9H2,1-2H3,(H,14,15). The fourth-order valence-electron chi connectivity index (χ4n) is 1.65. The molecule has 1 N–H and O–H groups in total. The highest BCUT2D eigenvalue weighted by Crippen LogP contribution is 2.17. The number of carboxylic acid groups (broad SMARTS) is 1. The number of sulfone groups is 1. The molecule has 0 fully saturated rings. The van der Waals surface area contributed by atoms with Gasteiger partial charge in [0.25, 0.3) is 0 Å². The Morgan fingerprint density at radius 1 is 1.28 bits per heavy atom. The molecule has 0 heterocycles. The van der Waals surface area contributed by atoms with Crippen molar-refractivity contribution in [3.63, 3.8) is 0 Å². The van der Waals surface area contributed by atoms with E-state index in [9.17, 15) is 13.2 Å². The van der Waals surface area contributed by atoms with Crippen LogP contribution in [0.25, 0.3) is 0 Å². The zero-order valence-electron chi connectivity index (χ0n) is 10.6. The smallest absolute Gasteiger partial charge is 0.307 e. The van der Waals surface area contributed by atoms with E-state index < -0.39 is 21.1 Å². The van der Waals surface area contributed by atoms with Gasteiger partial charge < -0.3 is 5.11 Å². The quantitative estimate of drug-likeness (QED) is 0.858. The summed E-state index contributed by atoms with van der Waals surface area (Å²) in [6.07, 6.45) is 0.412. The van der Waals surface area contributed by atoms with Crippen molar-refractivity contribution in [1.29, 1.82) is 0 Å². The molecule has 0 aliphatic carbocycles. The van der Waals surface area contributed by atoms with Gasteiger partial charge in [0.05, 0.1) is 17.4 Å². The molecule has 0 aromatic heterocycles. The van der Waals surface area contributed by atoms with Crippen LogP contribution in [0.15, 0.2) is 24.3 Å². The third kappa shape index (κ3) is 3.84. The van der Waals surface area contributed by atoms with Crippen molar-refractivity contribution in [1.82, 2.24) is 0 Å². The van der Waals surface area contributed by atoms with Gasteiger partial charge in [0.15, 0.2) is 9.84 Å². The van der Waals surface area contributed by atoms with E-state index in [1.165, 1.54) is 0 Å². The molecule has 0 aliphatic rings. The Balaban J connectivity index is 3.01. The molecular weight excluding hydrogens is 252 g/mol. The van der Waals surface area contributed by atoms with E-state index in [1.807, 2.05) is 6.92 Å². The van der Waals surface area contributed by atoms with Crippen LogP contribution >= 0.6 is 0 Å². The third-order valence-corrected chi connectivity index (χ3v) is 5.28. The normalized spacial score (nSPS) is 13.2. The number of carboxylic acids is 1. The Bertz CT molecular complexity index is 520. The number of carbonyl (C=O) groups is 1.